The molecule has 1 unspecified atom stereocenters. The highest BCUT2D eigenvalue weighted by molar-refractivity contribution is 5.70. The fraction of sp³-hybridized carbons (Fsp3) is 0.533. The van der Waals surface area contributed by atoms with Gasteiger partial charge in [-0.15, -0.1) is 0 Å². The fourth-order valence-electron chi connectivity index (χ4n) is 2.93. The summed E-state index contributed by atoms with van der Waals surface area (Å²) in [6.07, 6.45) is 5.21. The number of rotatable bonds is 4. The van der Waals surface area contributed by atoms with Crippen molar-refractivity contribution in [2.24, 2.45) is 5.92 Å². The van der Waals surface area contributed by atoms with Gasteiger partial charge in [0.2, 0.25) is 0 Å². The van der Waals surface area contributed by atoms with Crippen molar-refractivity contribution >= 4 is 5.97 Å². The van der Waals surface area contributed by atoms with Gasteiger partial charge in [0.15, 0.2) is 0 Å². The Morgan fingerprint density at radius 3 is 2.78 bits per heavy atom. The third kappa shape index (κ3) is 3.03. The number of hydrogen-bond acceptors (Lipinski definition) is 3. The van der Waals surface area contributed by atoms with Gasteiger partial charge in [-0.25, -0.2) is 0 Å². The van der Waals surface area contributed by atoms with Gasteiger partial charge in [0.1, 0.15) is 5.75 Å². The van der Waals surface area contributed by atoms with E-state index >= 15 is 0 Å². The first kappa shape index (κ1) is 12.9. The highest BCUT2D eigenvalue weighted by Gasteiger charge is 2.28. The Balaban J connectivity index is 2.20. The van der Waals surface area contributed by atoms with Crippen molar-refractivity contribution in [3.63, 3.8) is 0 Å². The average molecular weight is 248 g/mol. The first-order valence-electron chi connectivity index (χ1n) is 6.56. The first-order valence-corrected chi connectivity index (χ1v) is 6.56. The standard InChI is InChI=1S/C15H20O3/c1-18-15(17)10-14(11-5-2-3-6-11)12-7-4-8-13(16)9-12/h4,7-9,11,14,16H,2-3,5-6,10H2,1H3. The Bertz CT molecular complexity index is 408. The van der Waals surface area contributed by atoms with Gasteiger partial charge in [0.05, 0.1) is 13.5 Å². The van der Waals surface area contributed by atoms with Gasteiger partial charge in [-0.2, -0.15) is 0 Å². The largest absolute Gasteiger partial charge is 0.508 e. The van der Waals surface area contributed by atoms with Gasteiger partial charge in [-0.05, 0) is 42.4 Å². The lowest BCUT2D eigenvalue weighted by Crippen LogP contribution is -2.15. The fourth-order valence-corrected chi connectivity index (χ4v) is 2.93. The van der Waals surface area contributed by atoms with Crippen molar-refractivity contribution in [3.8, 4) is 5.75 Å². The van der Waals surface area contributed by atoms with E-state index in [2.05, 4.69) is 0 Å². The molecule has 1 aromatic rings. The number of carbonyl (C=O) groups excluding carboxylic acids is 1. The van der Waals surface area contributed by atoms with Gasteiger partial charge in [-0.1, -0.05) is 25.0 Å². The van der Waals surface area contributed by atoms with Crippen LogP contribution in [0.15, 0.2) is 24.3 Å². The van der Waals surface area contributed by atoms with Crippen LogP contribution < -0.4 is 0 Å². The molecule has 1 atom stereocenters. The van der Waals surface area contributed by atoms with Gasteiger partial charge in [0.25, 0.3) is 0 Å². The van der Waals surface area contributed by atoms with Crippen molar-refractivity contribution in [3.05, 3.63) is 29.8 Å². The van der Waals surface area contributed by atoms with Crippen LogP contribution in [0.5, 0.6) is 5.75 Å². The van der Waals surface area contributed by atoms with E-state index < -0.39 is 0 Å². The van der Waals surface area contributed by atoms with Crippen LogP contribution in [-0.2, 0) is 9.53 Å². The molecule has 1 aliphatic rings. The zero-order valence-corrected chi connectivity index (χ0v) is 10.8. The molecule has 0 aromatic heterocycles. The number of phenols is 1. The molecule has 0 spiro atoms. The van der Waals surface area contributed by atoms with Gasteiger partial charge >= 0.3 is 5.97 Å². The van der Waals surface area contributed by atoms with Crippen LogP contribution >= 0.6 is 0 Å². The molecule has 18 heavy (non-hydrogen) atoms. The molecule has 0 saturated heterocycles. The third-order valence-electron chi connectivity index (χ3n) is 3.88. The van der Waals surface area contributed by atoms with E-state index in [1.165, 1.54) is 20.0 Å². The minimum Gasteiger partial charge on any atom is -0.508 e. The summed E-state index contributed by atoms with van der Waals surface area (Å²) in [6, 6.07) is 7.26. The van der Waals surface area contributed by atoms with Crippen LogP contribution in [-0.4, -0.2) is 18.2 Å². The maximum atomic E-state index is 11.6. The van der Waals surface area contributed by atoms with Crippen LogP contribution in [0.4, 0.5) is 0 Å². The van der Waals surface area contributed by atoms with E-state index in [9.17, 15) is 9.90 Å². The summed E-state index contributed by atoms with van der Waals surface area (Å²) in [5, 5.41) is 9.58. The molecule has 1 aromatic carbocycles. The zero-order valence-electron chi connectivity index (χ0n) is 10.8. The highest BCUT2D eigenvalue weighted by atomic mass is 16.5. The van der Waals surface area contributed by atoms with E-state index in [-0.39, 0.29) is 17.6 Å². The Hall–Kier alpha value is -1.51. The lowest BCUT2D eigenvalue weighted by atomic mass is 9.82. The molecule has 1 fully saturated rings. The summed E-state index contributed by atoms with van der Waals surface area (Å²) in [5.74, 6) is 0.800. The van der Waals surface area contributed by atoms with E-state index in [4.69, 9.17) is 4.74 Å². The number of carbonyl (C=O) groups is 1. The van der Waals surface area contributed by atoms with Crippen LogP contribution in [0.2, 0.25) is 0 Å². The number of hydrogen-bond donors (Lipinski definition) is 1. The Morgan fingerprint density at radius 1 is 1.44 bits per heavy atom. The minimum atomic E-state index is -0.171. The molecule has 0 bridgehead atoms. The van der Waals surface area contributed by atoms with Crippen LogP contribution in [0.25, 0.3) is 0 Å². The predicted molar refractivity (Wildman–Crippen MR) is 69.4 cm³/mol. The van der Waals surface area contributed by atoms with Gasteiger partial charge in [0, 0.05) is 0 Å². The third-order valence-corrected chi connectivity index (χ3v) is 3.88. The van der Waals surface area contributed by atoms with Crippen molar-refractivity contribution in [2.75, 3.05) is 7.11 Å². The molecule has 1 saturated carbocycles. The van der Waals surface area contributed by atoms with Crippen LogP contribution in [0, 0.1) is 5.92 Å². The summed E-state index contributed by atoms with van der Waals surface area (Å²) >= 11 is 0. The Kier molecular flexibility index (Phi) is 4.24. The normalized spacial score (nSPS) is 17.6. The molecule has 98 valence electrons. The SMILES string of the molecule is COC(=O)CC(c1cccc(O)c1)C1CCCC1. The molecule has 3 nitrogen and oxygen atoms in total. The number of phenolic OH excluding ortho intramolecular Hbond substituents is 1. The highest BCUT2D eigenvalue weighted by Crippen LogP contribution is 2.40. The van der Waals surface area contributed by atoms with E-state index in [0.29, 0.717) is 12.3 Å². The number of aromatic hydroxyl groups is 1. The molecule has 0 amide bonds. The number of methoxy groups -OCH3 is 1. The summed E-state index contributed by atoms with van der Waals surface area (Å²) in [4.78, 5) is 11.6. The second kappa shape index (κ2) is 5.89. The average Bonchev–Trinajstić information content (AvgIpc) is 2.89. The topological polar surface area (TPSA) is 46.5 Å². The van der Waals surface area contributed by atoms with Gasteiger partial charge < -0.3 is 9.84 Å². The maximum absolute atomic E-state index is 11.6. The van der Waals surface area contributed by atoms with Crippen LogP contribution in [0.3, 0.4) is 0 Å². The van der Waals surface area contributed by atoms with E-state index in [1.807, 2.05) is 12.1 Å². The van der Waals surface area contributed by atoms with Crippen molar-refractivity contribution in [2.45, 2.75) is 38.0 Å². The van der Waals surface area contributed by atoms with Crippen molar-refractivity contribution < 1.29 is 14.6 Å². The minimum absolute atomic E-state index is 0.171. The summed E-state index contributed by atoms with van der Waals surface area (Å²) in [6.45, 7) is 0. The molecular weight excluding hydrogens is 228 g/mol. The summed E-state index contributed by atoms with van der Waals surface area (Å²) in [7, 11) is 1.43. The van der Waals surface area contributed by atoms with E-state index in [0.717, 1.165) is 18.4 Å². The second-order valence-corrected chi connectivity index (χ2v) is 5.03. The second-order valence-electron chi connectivity index (χ2n) is 5.03. The summed E-state index contributed by atoms with van der Waals surface area (Å²) < 4.78 is 4.79. The summed E-state index contributed by atoms with van der Waals surface area (Å²) in [5.41, 5.74) is 1.05. The lowest BCUT2D eigenvalue weighted by Gasteiger charge is -2.23. The number of benzene rings is 1. The molecule has 0 heterocycles. The molecule has 0 aliphatic heterocycles. The monoisotopic (exact) mass is 248 g/mol. The van der Waals surface area contributed by atoms with Gasteiger partial charge in [-0.3, -0.25) is 4.79 Å². The quantitative estimate of drug-likeness (QED) is 0.832. The zero-order chi connectivity index (χ0) is 13.0. The molecule has 3 heteroatoms. The Morgan fingerprint density at radius 2 is 2.17 bits per heavy atom. The number of esters is 1. The predicted octanol–water partition coefficient (Wildman–Crippen LogP) is 3.23. The first-order chi connectivity index (χ1) is 8.70. The Labute approximate surface area is 108 Å². The van der Waals surface area contributed by atoms with Crippen molar-refractivity contribution in [1.29, 1.82) is 0 Å². The van der Waals surface area contributed by atoms with Crippen molar-refractivity contribution in [1.82, 2.24) is 0 Å². The lowest BCUT2D eigenvalue weighted by molar-refractivity contribution is -0.141. The van der Waals surface area contributed by atoms with E-state index in [1.54, 1.807) is 12.1 Å². The molecule has 2 rings (SSSR count). The molecule has 0 radical (unpaired) electrons. The molecule has 1 aliphatic carbocycles. The number of ether oxygens (including phenoxy) is 1. The molecule has 1 N–H and O–H groups in total. The molecular formula is C15H20O3. The maximum Gasteiger partial charge on any atom is 0.306 e. The van der Waals surface area contributed by atoms with Crippen LogP contribution in [0.1, 0.15) is 43.6 Å². The smallest absolute Gasteiger partial charge is 0.306 e.